The summed E-state index contributed by atoms with van der Waals surface area (Å²) in [6.07, 6.45) is 2.95. The third-order valence-corrected chi connectivity index (χ3v) is 1.84. The minimum absolute atomic E-state index is 0.355. The molecule has 0 amide bonds. The van der Waals surface area contributed by atoms with Crippen LogP contribution >= 0.6 is 0 Å². The Morgan fingerprint density at radius 2 is 2.20 bits per heavy atom. The van der Waals surface area contributed by atoms with Gasteiger partial charge in [0.15, 0.2) is 5.78 Å². The molecule has 0 bridgehead atoms. The van der Waals surface area contributed by atoms with E-state index in [4.69, 9.17) is 4.74 Å². The minimum atomic E-state index is -1.38. The van der Waals surface area contributed by atoms with Crippen LogP contribution in [0.5, 0.6) is 5.75 Å². The van der Waals surface area contributed by atoms with E-state index >= 15 is 0 Å². The molecule has 1 aromatic rings. The highest BCUT2D eigenvalue weighted by molar-refractivity contribution is 6.01. The number of carbonyl (C=O) groups excluding carboxylic acids is 1. The smallest absolute Gasteiger partial charge is 0.195 e. The Kier molecular flexibility index (Phi) is 3.42. The summed E-state index contributed by atoms with van der Waals surface area (Å²) in [6, 6.07) is 1.58. The normalized spacial score (nSPS) is 11.2. The summed E-state index contributed by atoms with van der Waals surface area (Å²) >= 11 is 0. The maximum Gasteiger partial charge on any atom is 0.195 e. The van der Waals surface area contributed by atoms with Gasteiger partial charge in [0, 0.05) is 11.8 Å². The first kappa shape index (κ1) is 11.7. The van der Waals surface area contributed by atoms with Gasteiger partial charge in [0.1, 0.15) is 11.4 Å². The zero-order valence-corrected chi connectivity index (χ0v) is 9.15. The van der Waals surface area contributed by atoms with Gasteiger partial charge >= 0.3 is 0 Å². The monoisotopic (exact) mass is 209 g/mol. The van der Waals surface area contributed by atoms with Crippen LogP contribution in [0, 0.1) is 0 Å². The minimum Gasteiger partial charge on any atom is -0.492 e. The van der Waals surface area contributed by atoms with E-state index in [0.717, 1.165) is 0 Å². The molecule has 0 spiro atoms. The van der Waals surface area contributed by atoms with Crippen molar-refractivity contribution in [1.29, 1.82) is 0 Å². The molecule has 0 aliphatic heterocycles. The Labute approximate surface area is 88.9 Å². The van der Waals surface area contributed by atoms with Crippen molar-refractivity contribution in [2.75, 3.05) is 6.61 Å². The van der Waals surface area contributed by atoms with E-state index in [2.05, 4.69) is 4.98 Å². The number of Topliss-reactive ketones (excluding diaryl/α,β-unsaturated/α-hetero) is 1. The van der Waals surface area contributed by atoms with Gasteiger partial charge in [0.25, 0.3) is 0 Å². The fraction of sp³-hybridized carbons (Fsp3) is 0.455. The van der Waals surface area contributed by atoms with Crippen LogP contribution in [-0.2, 0) is 0 Å². The lowest BCUT2D eigenvalue weighted by atomic mass is 9.98. The van der Waals surface area contributed by atoms with Gasteiger partial charge in [-0.2, -0.15) is 0 Å². The van der Waals surface area contributed by atoms with Crippen LogP contribution < -0.4 is 4.74 Å². The van der Waals surface area contributed by atoms with Crippen molar-refractivity contribution in [3.8, 4) is 5.75 Å². The van der Waals surface area contributed by atoms with Crippen molar-refractivity contribution in [2.24, 2.45) is 0 Å². The van der Waals surface area contributed by atoms with Crippen molar-refractivity contribution < 1.29 is 14.6 Å². The topological polar surface area (TPSA) is 59.4 Å². The van der Waals surface area contributed by atoms with Gasteiger partial charge in [0.2, 0.25) is 0 Å². The van der Waals surface area contributed by atoms with E-state index in [0.29, 0.717) is 17.9 Å². The molecule has 0 aliphatic carbocycles. The van der Waals surface area contributed by atoms with Crippen molar-refractivity contribution >= 4 is 5.78 Å². The maximum absolute atomic E-state index is 11.7. The fourth-order valence-electron chi connectivity index (χ4n) is 1.14. The Balaban J connectivity index is 2.95. The Bertz CT molecular complexity index is 355. The van der Waals surface area contributed by atoms with Crippen LogP contribution in [0.4, 0.5) is 0 Å². The Morgan fingerprint density at radius 1 is 1.53 bits per heavy atom. The Morgan fingerprint density at radius 3 is 2.73 bits per heavy atom. The van der Waals surface area contributed by atoms with Crippen LogP contribution in [0.25, 0.3) is 0 Å². The van der Waals surface area contributed by atoms with E-state index in [1.165, 1.54) is 26.2 Å². The predicted molar refractivity (Wildman–Crippen MR) is 56.0 cm³/mol. The number of hydrogen-bond acceptors (Lipinski definition) is 4. The molecule has 0 aliphatic rings. The second kappa shape index (κ2) is 4.40. The van der Waals surface area contributed by atoms with Crippen LogP contribution in [0.2, 0.25) is 0 Å². The quantitative estimate of drug-likeness (QED) is 0.762. The van der Waals surface area contributed by atoms with E-state index in [1.807, 2.05) is 6.92 Å². The highest BCUT2D eigenvalue weighted by Gasteiger charge is 2.25. The molecule has 82 valence electrons. The molecule has 0 aromatic carbocycles. The molecule has 1 N–H and O–H groups in total. The molecule has 0 radical (unpaired) electrons. The van der Waals surface area contributed by atoms with E-state index < -0.39 is 5.60 Å². The van der Waals surface area contributed by atoms with Gasteiger partial charge in [-0.15, -0.1) is 0 Å². The molecule has 0 unspecified atom stereocenters. The molecule has 0 saturated carbocycles. The fourth-order valence-corrected chi connectivity index (χ4v) is 1.14. The number of ether oxygens (including phenoxy) is 1. The lowest BCUT2D eigenvalue weighted by Crippen LogP contribution is -2.31. The first-order valence-electron chi connectivity index (χ1n) is 4.80. The number of aliphatic hydroxyl groups is 1. The third kappa shape index (κ3) is 3.02. The van der Waals surface area contributed by atoms with Crippen LogP contribution in [0.1, 0.15) is 31.1 Å². The molecule has 0 saturated heterocycles. The summed E-state index contributed by atoms with van der Waals surface area (Å²) < 4.78 is 5.21. The van der Waals surface area contributed by atoms with Gasteiger partial charge in [-0.25, -0.2) is 0 Å². The molecule has 0 fully saturated rings. The van der Waals surface area contributed by atoms with Gasteiger partial charge in [0.05, 0.1) is 12.8 Å². The maximum atomic E-state index is 11.7. The zero-order valence-electron chi connectivity index (χ0n) is 9.15. The van der Waals surface area contributed by atoms with Crippen molar-refractivity contribution in [3.05, 3.63) is 24.0 Å². The van der Waals surface area contributed by atoms with Crippen molar-refractivity contribution in [3.63, 3.8) is 0 Å². The van der Waals surface area contributed by atoms with Crippen LogP contribution in [0.3, 0.4) is 0 Å². The number of pyridine rings is 1. The summed E-state index contributed by atoms with van der Waals surface area (Å²) in [5.41, 5.74) is -1.03. The number of rotatable bonds is 4. The summed E-state index contributed by atoms with van der Waals surface area (Å²) in [6.45, 7) is 5.26. The molecular formula is C11H15NO3. The number of nitrogens with zero attached hydrogens (tertiary/aromatic N) is 1. The summed E-state index contributed by atoms with van der Waals surface area (Å²) in [4.78, 5) is 15.6. The first-order valence-corrected chi connectivity index (χ1v) is 4.80. The summed E-state index contributed by atoms with van der Waals surface area (Å²) in [7, 11) is 0. The molecule has 1 aromatic heterocycles. The number of hydrogen-bond donors (Lipinski definition) is 1. The molecule has 4 heteroatoms. The molecular weight excluding hydrogens is 194 g/mol. The third-order valence-electron chi connectivity index (χ3n) is 1.84. The largest absolute Gasteiger partial charge is 0.492 e. The number of carbonyl (C=O) groups is 1. The standard InChI is InChI=1S/C11H15NO3/c1-4-15-9-5-8(6-12-7-9)10(13)11(2,3)14/h5-7,14H,4H2,1-3H3. The summed E-state index contributed by atoms with van der Waals surface area (Å²) in [5, 5.41) is 9.54. The second-order valence-electron chi connectivity index (χ2n) is 3.73. The van der Waals surface area contributed by atoms with Gasteiger partial charge in [-0.1, -0.05) is 0 Å². The lowest BCUT2D eigenvalue weighted by molar-refractivity contribution is 0.0487. The molecule has 4 nitrogen and oxygen atoms in total. The highest BCUT2D eigenvalue weighted by atomic mass is 16.5. The van der Waals surface area contributed by atoms with E-state index in [-0.39, 0.29) is 5.78 Å². The van der Waals surface area contributed by atoms with Gasteiger partial charge in [-0.05, 0) is 26.8 Å². The van der Waals surface area contributed by atoms with Gasteiger partial charge < -0.3 is 9.84 Å². The molecule has 1 rings (SSSR count). The first-order chi connectivity index (χ1) is 6.95. The second-order valence-corrected chi connectivity index (χ2v) is 3.73. The molecule has 15 heavy (non-hydrogen) atoms. The van der Waals surface area contributed by atoms with Gasteiger partial charge in [-0.3, -0.25) is 9.78 Å². The average Bonchev–Trinajstić information content (AvgIpc) is 2.16. The number of ketones is 1. The summed E-state index contributed by atoms with van der Waals surface area (Å²) in [5.74, 6) is 0.171. The predicted octanol–water partition coefficient (Wildman–Crippen LogP) is 1.43. The van der Waals surface area contributed by atoms with Crippen LogP contribution in [-0.4, -0.2) is 28.1 Å². The highest BCUT2D eigenvalue weighted by Crippen LogP contribution is 2.16. The van der Waals surface area contributed by atoms with Crippen molar-refractivity contribution in [1.82, 2.24) is 4.98 Å². The lowest BCUT2D eigenvalue weighted by Gasteiger charge is -2.15. The zero-order chi connectivity index (χ0) is 11.5. The van der Waals surface area contributed by atoms with Crippen LogP contribution in [0.15, 0.2) is 18.5 Å². The average molecular weight is 209 g/mol. The van der Waals surface area contributed by atoms with Crippen molar-refractivity contribution in [2.45, 2.75) is 26.4 Å². The molecule has 0 atom stereocenters. The number of aromatic nitrogens is 1. The SMILES string of the molecule is CCOc1cncc(C(=O)C(C)(C)O)c1. The van der Waals surface area contributed by atoms with E-state index in [1.54, 1.807) is 6.07 Å². The van der Waals surface area contributed by atoms with E-state index in [9.17, 15) is 9.90 Å². The molecule has 1 heterocycles. The Hall–Kier alpha value is -1.42.